The molecular formula is C26H25N3O5S. The normalized spacial score (nSPS) is 11.9. The van der Waals surface area contributed by atoms with Crippen LogP contribution >= 0.6 is 11.8 Å². The summed E-state index contributed by atoms with van der Waals surface area (Å²) in [5.74, 6) is -0.0432. The van der Waals surface area contributed by atoms with Crippen molar-refractivity contribution in [3.8, 4) is 0 Å². The first-order valence-electron chi connectivity index (χ1n) is 11.1. The largest absolute Gasteiger partial charge is 0.467 e. The van der Waals surface area contributed by atoms with Crippen LogP contribution in [-0.4, -0.2) is 40.3 Å². The summed E-state index contributed by atoms with van der Waals surface area (Å²) in [6.45, 7) is 4.36. The Bertz CT molecular complexity index is 1400. The monoisotopic (exact) mass is 491 g/mol. The molecular weight excluding hydrogens is 466 g/mol. The predicted octanol–water partition coefficient (Wildman–Crippen LogP) is 4.36. The molecule has 2 heterocycles. The molecule has 0 saturated carbocycles. The number of benzene rings is 2. The molecule has 0 bridgehead atoms. The summed E-state index contributed by atoms with van der Waals surface area (Å²) in [5.41, 5.74) is 1.15. The Kier molecular flexibility index (Phi) is 7.36. The van der Waals surface area contributed by atoms with Crippen molar-refractivity contribution in [2.24, 2.45) is 0 Å². The first-order chi connectivity index (χ1) is 16.9. The number of fused-ring (bicyclic) bond motifs is 1. The van der Waals surface area contributed by atoms with Crippen molar-refractivity contribution >= 4 is 40.2 Å². The van der Waals surface area contributed by atoms with Crippen molar-refractivity contribution in [3.63, 3.8) is 0 Å². The second kappa shape index (κ2) is 10.6. The van der Waals surface area contributed by atoms with Crippen LogP contribution in [0, 0.1) is 0 Å². The van der Waals surface area contributed by atoms with Gasteiger partial charge < -0.3 is 14.1 Å². The van der Waals surface area contributed by atoms with Crippen LogP contribution in [-0.2, 0) is 16.1 Å². The zero-order valence-corrected chi connectivity index (χ0v) is 20.5. The number of para-hydroxylation sites is 1. The van der Waals surface area contributed by atoms with E-state index in [-0.39, 0.29) is 23.6 Å². The molecule has 4 rings (SSSR count). The number of carbonyl (C=O) groups excluding carboxylic acids is 2. The van der Waals surface area contributed by atoms with Crippen LogP contribution in [0.4, 0.5) is 5.69 Å². The number of ether oxygens (including phenoxy) is 1. The van der Waals surface area contributed by atoms with Crippen molar-refractivity contribution in [1.82, 2.24) is 9.55 Å². The third-order valence-electron chi connectivity index (χ3n) is 5.52. The zero-order valence-electron chi connectivity index (χ0n) is 19.6. The van der Waals surface area contributed by atoms with Gasteiger partial charge in [0.05, 0.1) is 41.6 Å². The molecule has 35 heavy (non-hydrogen) atoms. The van der Waals surface area contributed by atoms with Crippen LogP contribution in [0.2, 0.25) is 0 Å². The first-order valence-corrected chi connectivity index (χ1v) is 12.0. The lowest BCUT2D eigenvalue weighted by molar-refractivity contribution is -0.117. The molecule has 0 fully saturated rings. The standard InChI is InChI=1S/C26H25N3O5S/c1-4-28(19-9-6-5-7-10-19)23(30)17(2)35-26-27-22-15-18(25(32)33-3)12-13-21(22)24(31)29(26)16-20-11-8-14-34-20/h5-15,17H,4,16H2,1-3H3. The van der Waals surface area contributed by atoms with Crippen molar-refractivity contribution in [3.05, 3.63) is 88.6 Å². The average molecular weight is 492 g/mol. The first kappa shape index (κ1) is 24.3. The Morgan fingerprint density at radius 1 is 1.14 bits per heavy atom. The molecule has 2 aromatic heterocycles. The number of methoxy groups -OCH3 is 1. The molecule has 0 spiro atoms. The van der Waals surface area contributed by atoms with E-state index in [4.69, 9.17) is 9.15 Å². The molecule has 0 radical (unpaired) electrons. The van der Waals surface area contributed by atoms with Gasteiger partial charge in [0.25, 0.3) is 5.56 Å². The van der Waals surface area contributed by atoms with E-state index >= 15 is 0 Å². The lowest BCUT2D eigenvalue weighted by Crippen LogP contribution is -2.37. The van der Waals surface area contributed by atoms with Crippen molar-refractivity contribution in [1.29, 1.82) is 0 Å². The number of nitrogens with zero attached hydrogens (tertiary/aromatic N) is 3. The highest BCUT2D eigenvalue weighted by Crippen LogP contribution is 2.27. The number of hydrogen-bond acceptors (Lipinski definition) is 7. The fourth-order valence-corrected chi connectivity index (χ4v) is 4.70. The lowest BCUT2D eigenvalue weighted by atomic mass is 10.1. The van der Waals surface area contributed by atoms with E-state index in [1.165, 1.54) is 41.8 Å². The van der Waals surface area contributed by atoms with E-state index in [1.807, 2.05) is 37.3 Å². The number of hydrogen-bond donors (Lipinski definition) is 0. The van der Waals surface area contributed by atoms with Gasteiger partial charge in [0.2, 0.25) is 5.91 Å². The molecule has 0 saturated heterocycles. The topological polar surface area (TPSA) is 94.6 Å². The summed E-state index contributed by atoms with van der Waals surface area (Å²) < 4.78 is 11.7. The quantitative estimate of drug-likeness (QED) is 0.205. The molecule has 0 N–H and O–H groups in total. The minimum Gasteiger partial charge on any atom is -0.467 e. The third-order valence-corrected chi connectivity index (χ3v) is 6.59. The maximum absolute atomic E-state index is 13.4. The number of anilines is 1. The summed E-state index contributed by atoms with van der Waals surface area (Å²) in [6, 6.07) is 17.6. The van der Waals surface area contributed by atoms with Gasteiger partial charge in [-0.2, -0.15) is 0 Å². The van der Waals surface area contributed by atoms with Gasteiger partial charge in [0.1, 0.15) is 5.76 Å². The molecule has 1 atom stereocenters. The van der Waals surface area contributed by atoms with Gasteiger partial charge in [-0.05, 0) is 56.3 Å². The predicted molar refractivity (Wildman–Crippen MR) is 135 cm³/mol. The number of carbonyl (C=O) groups is 2. The highest BCUT2D eigenvalue weighted by molar-refractivity contribution is 8.00. The second-order valence-electron chi connectivity index (χ2n) is 7.77. The molecule has 9 heteroatoms. The maximum atomic E-state index is 13.4. The molecule has 0 aliphatic rings. The van der Waals surface area contributed by atoms with Crippen molar-refractivity contribution in [2.45, 2.75) is 30.8 Å². The minimum absolute atomic E-state index is 0.106. The number of aromatic nitrogens is 2. The van der Waals surface area contributed by atoms with E-state index < -0.39 is 11.2 Å². The lowest BCUT2D eigenvalue weighted by Gasteiger charge is -2.24. The highest BCUT2D eigenvalue weighted by atomic mass is 32.2. The van der Waals surface area contributed by atoms with Crippen LogP contribution in [0.5, 0.6) is 0 Å². The van der Waals surface area contributed by atoms with E-state index in [2.05, 4.69) is 4.98 Å². The number of amides is 1. The van der Waals surface area contributed by atoms with Gasteiger partial charge in [-0.15, -0.1) is 0 Å². The van der Waals surface area contributed by atoms with Gasteiger partial charge in [-0.3, -0.25) is 14.2 Å². The van der Waals surface area contributed by atoms with Gasteiger partial charge >= 0.3 is 5.97 Å². The van der Waals surface area contributed by atoms with Crippen LogP contribution in [0.3, 0.4) is 0 Å². The summed E-state index contributed by atoms with van der Waals surface area (Å²) in [6.07, 6.45) is 1.54. The number of furan rings is 1. The minimum atomic E-state index is -0.536. The second-order valence-corrected chi connectivity index (χ2v) is 9.07. The molecule has 8 nitrogen and oxygen atoms in total. The molecule has 1 amide bonds. The zero-order chi connectivity index (χ0) is 24.9. The third kappa shape index (κ3) is 5.14. The number of esters is 1. The SMILES string of the molecule is CCN(C(=O)C(C)Sc1nc2cc(C(=O)OC)ccc2c(=O)n1Cc1ccco1)c1ccccc1. The Labute approximate surface area is 206 Å². The smallest absolute Gasteiger partial charge is 0.337 e. The van der Waals surface area contributed by atoms with Crippen LogP contribution in [0.25, 0.3) is 10.9 Å². The maximum Gasteiger partial charge on any atom is 0.337 e. The summed E-state index contributed by atoms with van der Waals surface area (Å²) >= 11 is 1.19. The molecule has 2 aromatic carbocycles. The Morgan fingerprint density at radius 3 is 2.57 bits per heavy atom. The summed E-state index contributed by atoms with van der Waals surface area (Å²) in [5, 5.41) is 0.170. The van der Waals surface area contributed by atoms with Gasteiger partial charge in [-0.25, -0.2) is 9.78 Å². The molecule has 1 unspecified atom stereocenters. The molecule has 180 valence electrons. The van der Waals surface area contributed by atoms with E-state index in [0.29, 0.717) is 28.4 Å². The van der Waals surface area contributed by atoms with E-state index in [1.54, 1.807) is 30.0 Å². The van der Waals surface area contributed by atoms with Crippen molar-refractivity contribution < 1.29 is 18.7 Å². The average Bonchev–Trinajstić information content (AvgIpc) is 3.40. The Hall–Kier alpha value is -3.85. The van der Waals surface area contributed by atoms with Crippen molar-refractivity contribution in [2.75, 3.05) is 18.6 Å². The highest BCUT2D eigenvalue weighted by Gasteiger charge is 2.25. The van der Waals surface area contributed by atoms with E-state index in [0.717, 1.165) is 5.69 Å². The van der Waals surface area contributed by atoms with Crippen LogP contribution in [0.15, 0.2) is 81.3 Å². The van der Waals surface area contributed by atoms with Gasteiger partial charge in [0, 0.05) is 12.2 Å². The molecule has 0 aliphatic heterocycles. The fraction of sp³-hybridized carbons (Fsp3) is 0.231. The van der Waals surface area contributed by atoms with Gasteiger partial charge in [-0.1, -0.05) is 30.0 Å². The van der Waals surface area contributed by atoms with Gasteiger partial charge in [0.15, 0.2) is 5.16 Å². The summed E-state index contributed by atoms with van der Waals surface area (Å²) in [4.78, 5) is 45.2. The van der Waals surface area contributed by atoms with E-state index in [9.17, 15) is 14.4 Å². The summed E-state index contributed by atoms with van der Waals surface area (Å²) in [7, 11) is 1.29. The molecule has 4 aromatic rings. The number of rotatable bonds is 8. The van der Waals surface area contributed by atoms with Crippen LogP contribution in [0.1, 0.15) is 30.0 Å². The Morgan fingerprint density at radius 2 is 1.91 bits per heavy atom. The Balaban J connectivity index is 1.75. The number of thioether (sulfide) groups is 1. The molecule has 0 aliphatic carbocycles. The van der Waals surface area contributed by atoms with Crippen LogP contribution < -0.4 is 10.5 Å². The fourth-order valence-electron chi connectivity index (χ4n) is 3.73.